The largest absolute Gasteiger partial charge is 0.396 e. The summed E-state index contributed by atoms with van der Waals surface area (Å²) in [5.41, 5.74) is 1.49. The van der Waals surface area contributed by atoms with Crippen LogP contribution in [0.5, 0.6) is 0 Å². The molecular weight excluding hydrogens is 192 g/mol. The third-order valence-electron chi connectivity index (χ3n) is 2.49. The Kier molecular flexibility index (Phi) is 2.15. The smallest absolute Gasteiger partial charge is 0.0931 e. The van der Waals surface area contributed by atoms with E-state index in [0.717, 1.165) is 23.6 Å². The number of aliphatic hydroxyl groups excluding tert-OH is 1. The first-order valence-corrected chi connectivity index (χ1v) is 5.34. The monoisotopic (exact) mass is 202 g/mol. The number of hydrogen-bond donors (Lipinski definition) is 1. The van der Waals surface area contributed by atoms with Gasteiger partial charge in [-0.15, -0.1) is 11.3 Å². The summed E-state index contributed by atoms with van der Waals surface area (Å²) in [5.74, 6) is 0. The van der Waals surface area contributed by atoms with E-state index in [9.17, 15) is 0 Å². The Labute approximate surface area is 81.0 Å². The maximum Gasteiger partial charge on any atom is 0.0931 e. The second-order valence-electron chi connectivity index (χ2n) is 3.59. The Morgan fingerprint density at radius 2 is 2.33 bits per heavy atom. The molecule has 1 fully saturated rings. The maximum absolute atomic E-state index is 9.10. The van der Waals surface area contributed by atoms with Crippen LogP contribution in [0, 0.1) is 5.41 Å². The van der Waals surface area contributed by atoms with Crippen LogP contribution in [0.4, 0.5) is 0 Å². The van der Waals surface area contributed by atoms with Crippen molar-refractivity contribution in [2.45, 2.75) is 19.3 Å². The Balaban J connectivity index is 2.04. The predicted octanol–water partition coefficient (Wildman–Crippen LogP) is 2.72. The van der Waals surface area contributed by atoms with Gasteiger partial charge in [-0.05, 0) is 41.7 Å². The van der Waals surface area contributed by atoms with Crippen molar-refractivity contribution >= 4 is 22.9 Å². The van der Waals surface area contributed by atoms with Crippen LogP contribution in [-0.2, 0) is 6.42 Å². The van der Waals surface area contributed by atoms with Crippen LogP contribution in [0.15, 0.2) is 11.4 Å². The molecule has 1 aliphatic carbocycles. The SMILES string of the molecule is OCC1(Cc2csc(Cl)c2)CC1. The minimum atomic E-state index is 0.213. The number of halogens is 1. The molecule has 1 aromatic heterocycles. The maximum atomic E-state index is 9.10. The lowest BCUT2D eigenvalue weighted by Crippen LogP contribution is -2.09. The van der Waals surface area contributed by atoms with Crippen molar-refractivity contribution in [3.63, 3.8) is 0 Å². The fraction of sp³-hybridized carbons (Fsp3) is 0.556. The molecule has 0 spiro atoms. The van der Waals surface area contributed by atoms with E-state index in [1.165, 1.54) is 5.56 Å². The molecule has 1 aromatic rings. The van der Waals surface area contributed by atoms with Gasteiger partial charge in [-0.25, -0.2) is 0 Å². The van der Waals surface area contributed by atoms with Gasteiger partial charge in [0.05, 0.1) is 4.34 Å². The third kappa shape index (κ3) is 1.65. The van der Waals surface area contributed by atoms with Gasteiger partial charge in [-0.1, -0.05) is 11.6 Å². The van der Waals surface area contributed by atoms with Gasteiger partial charge in [-0.3, -0.25) is 0 Å². The van der Waals surface area contributed by atoms with E-state index in [0.29, 0.717) is 6.61 Å². The van der Waals surface area contributed by atoms with Crippen molar-refractivity contribution in [3.8, 4) is 0 Å². The van der Waals surface area contributed by atoms with Crippen LogP contribution >= 0.6 is 22.9 Å². The lowest BCUT2D eigenvalue weighted by Gasteiger charge is -2.08. The van der Waals surface area contributed by atoms with Gasteiger partial charge < -0.3 is 5.11 Å². The van der Waals surface area contributed by atoms with Crippen LogP contribution in [0.25, 0.3) is 0 Å². The summed E-state index contributed by atoms with van der Waals surface area (Å²) in [6.45, 7) is 0.320. The standard InChI is InChI=1S/C9H11ClOS/c10-8-3-7(5-12-8)4-9(6-11)1-2-9/h3,5,11H,1-2,4,6H2. The van der Waals surface area contributed by atoms with E-state index in [4.69, 9.17) is 16.7 Å². The second-order valence-corrected chi connectivity index (χ2v) is 5.14. The van der Waals surface area contributed by atoms with Crippen molar-refractivity contribution in [3.05, 3.63) is 21.3 Å². The molecule has 0 saturated heterocycles. The molecule has 66 valence electrons. The lowest BCUT2D eigenvalue weighted by molar-refractivity contribution is 0.211. The van der Waals surface area contributed by atoms with Crippen LogP contribution in [-0.4, -0.2) is 11.7 Å². The molecule has 1 heterocycles. The van der Waals surface area contributed by atoms with Crippen LogP contribution in [0.2, 0.25) is 4.34 Å². The predicted molar refractivity (Wildman–Crippen MR) is 51.8 cm³/mol. The van der Waals surface area contributed by atoms with E-state index < -0.39 is 0 Å². The fourth-order valence-electron chi connectivity index (χ4n) is 1.44. The molecule has 0 atom stereocenters. The normalized spacial score (nSPS) is 19.5. The quantitative estimate of drug-likeness (QED) is 0.799. The summed E-state index contributed by atoms with van der Waals surface area (Å²) in [6, 6.07) is 2.00. The molecule has 0 radical (unpaired) electrons. The number of hydrogen-bond acceptors (Lipinski definition) is 2. The molecule has 1 N–H and O–H groups in total. The van der Waals surface area contributed by atoms with Crippen LogP contribution in [0.1, 0.15) is 18.4 Å². The first-order chi connectivity index (χ1) is 5.74. The topological polar surface area (TPSA) is 20.2 Å². The molecule has 0 bridgehead atoms. The Morgan fingerprint density at radius 3 is 2.75 bits per heavy atom. The van der Waals surface area contributed by atoms with Gasteiger partial charge in [-0.2, -0.15) is 0 Å². The van der Waals surface area contributed by atoms with E-state index >= 15 is 0 Å². The minimum absolute atomic E-state index is 0.213. The number of aliphatic hydroxyl groups is 1. The van der Waals surface area contributed by atoms with Crippen molar-refractivity contribution in [2.24, 2.45) is 5.41 Å². The highest BCUT2D eigenvalue weighted by Crippen LogP contribution is 2.48. The van der Waals surface area contributed by atoms with Gasteiger partial charge >= 0.3 is 0 Å². The molecule has 1 nitrogen and oxygen atoms in total. The Morgan fingerprint density at radius 1 is 1.58 bits per heavy atom. The highest BCUT2D eigenvalue weighted by Gasteiger charge is 2.41. The fourth-order valence-corrected chi connectivity index (χ4v) is 2.35. The average Bonchev–Trinajstić information content (AvgIpc) is 2.71. The number of rotatable bonds is 3. The van der Waals surface area contributed by atoms with E-state index in [-0.39, 0.29) is 5.41 Å². The third-order valence-corrected chi connectivity index (χ3v) is 3.63. The van der Waals surface area contributed by atoms with Gasteiger partial charge in [0.15, 0.2) is 0 Å². The summed E-state index contributed by atoms with van der Waals surface area (Å²) in [4.78, 5) is 0. The lowest BCUT2D eigenvalue weighted by atomic mass is 10.00. The molecule has 0 amide bonds. The second kappa shape index (κ2) is 3.02. The molecule has 2 rings (SSSR count). The van der Waals surface area contributed by atoms with E-state index in [1.54, 1.807) is 11.3 Å². The average molecular weight is 203 g/mol. The molecule has 0 aromatic carbocycles. The molecule has 3 heteroatoms. The molecule has 0 aliphatic heterocycles. The summed E-state index contributed by atoms with van der Waals surface area (Å²) in [7, 11) is 0. The zero-order valence-electron chi connectivity index (χ0n) is 6.72. The Hall–Kier alpha value is -0.0500. The van der Waals surface area contributed by atoms with Gasteiger partial charge in [0.1, 0.15) is 0 Å². The van der Waals surface area contributed by atoms with Crippen molar-refractivity contribution in [1.29, 1.82) is 0 Å². The zero-order valence-corrected chi connectivity index (χ0v) is 8.29. The van der Waals surface area contributed by atoms with Crippen molar-refractivity contribution in [1.82, 2.24) is 0 Å². The summed E-state index contributed by atoms with van der Waals surface area (Å²) in [5, 5.41) is 11.2. The minimum Gasteiger partial charge on any atom is -0.396 e. The summed E-state index contributed by atoms with van der Waals surface area (Å²) >= 11 is 7.38. The Bertz CT molecular complexity index is 278. The molecule has 1 aliphatic rings. The highest BCUT2D eigenvalue weighted by atomic mass is 35.5. The van der Waals surface area contributed by atoms with Gasteiger partial charge in [0.25, 0.3) is 0 Å². The van der Waals surface area contributed by atoms with Gasteiger partial charge in [0.2, 0.25) is 0 Å². The molecule has 1 saturated carbocycles. The highest BCUT2D eigenvalue weighted by molar-refractivity contribution is 7.14. The van der Waals surface area contributed by atoms with Crippen LogP contribution < -0.4 is 0 Å². The summed E-state index contributed by atoms with van der Waals surface area (Å²) in [6.07, 6.45) is 3.32. The van der Waals surface area contributed by atoms with Gasteiger partial charge in [0, 0.05) is 6.61 Å². The molecular formula is C9H11ClOS. The molecule has 0 unspecified atom stereocenters. The van der Waals surface area contributed by atoms with E-state index in [1.807, 2.05) is 6.07 Å². The van der Waals surface area contributed by atoms with Crippen LogP contribution in [0.3, 0.4) is 0 Å². The van der Waals surface area contributed by atoms with E-state index in [2.05, 4.69) is 5.38 Å². The first-order valence-electron chi connectivity index (χ1n) is 4.08. The zero-order chi connectivity index (χ0) is 8.60. The van der Waals surface area contributed by atoms with Crippen molar-refractivity contribution < 1.29 is 5.11 Å². The number of thiophene rings is 1. The molecule has 12 heavy (non-hydrogen) atoms. The summed E-state index contributed by atoms with van der Waals surface area (Å²) < 4.78 is 0.846. The first kappa shape index (κ1) is 8.54. The van der Waals surface area contributed by atoms with Crippen molar-refractivity contribution in [2.75, 3.05) is 6.61 Å².